The minimum Gasteiger partial charge on any atom is -0.475 e. The molecule has 3 aliphatic heterocycles. The van der Waals surface area contributed by atoms with Crippen LogP contribution in [-0.2, 0) is 4.74 Å². The Morgan fingerprint density at radius 2 is 1.97 bits per heavy atom. The van der Waals surface area contributed by atoms with Gasteiger partial charge < -0.3 is 14.4 Å². The molecule has 3 aliphatic rings. The quantitative estimate of drug-likeness (QED) is 0.441. The average Bonchev–Trinajstić information content (AvgIpc) is 2.89. The van der Waals surface area contributed by atoms with Crippen LogP contribution >= 0.6 is 23.2 Å². The van der Waals surface area contributed by atoms with Crippen molar-refractivity contribution < 1.29 is 18.7 Å². The number of piperazine rings is 1. The molecule has 3 atom stereocenters. The minimum atomic E-state index is -0.765. The zero-order valence-corrected chi connectivity index (χ0v) is 18.2. The molecule has 5 rings (SSSR count). The Balaban J connectivity index is 1.59. The highest BCUT2D eigenvalue weighted by Crippen LogP contribution is 2.44. The predicted octanol–water partition coefficient (Wildman–Crippen LogP) is 3.82. The Morgan fingerprint density at radius 3 is 2.70 bits per heavy atom. The molecule has 8 nitrogen and oxygen atoms in total. The van der Waals surface area contributed by atoms with E-state index in [2.05, 4.69) is 15.0 Å². The average molecular weight is 456 g/mol. The Morgan fingerprint density at radius 1 is 1.20 bits per heavy atom. The van der Waals surface area contributed by atoms with Crippen LogP contribution in [0.3, 0.4) is 0 Å². The summed E-state index contributed by atoms with van der Waals surface area (Å²) in [5, 5.41) is -0.0869. The molecule has 0 saturated carbocycles. The van der Waals surface area contributed by atoms with Gasteiger partial charge in [-0.05, 0) is 45.2 Å². The Bertz CT molecular complexity index is 1060. The molecule has 0 aromatic carbocycles. The van der Waals surface area contributed by atoms with Crippen molar-refractivity contribution in [2.45, 2.75) is 57.3 Å². The highest BCUT2D eigenvalue weighted by molar-refractivity contribution is 6.31. The zero-order valence-electron chi connectivity index (χ0n) is 16.7. The van der Waals surface area contributed by atoms with Crippen molar-refractivity contribution in [1.82, 2.24) is 19.9 Å². The molecule has 30 heavy (non-hydrogen) atoms. The fourth-order valence-electron chi connectivity index (χ4n) is 4.63. The Kier molecular flexibility index (Phi) is 4.41. The third kappa shape index (κ3) is 3.01. The molecule has 11 heteroatoms. The van der Waals surface area contributed by atoms with Crippen LogP contribution in [0.5, 0.6) is 5.88 Å². The van der Waals surface area contributed by atoms with Gasteiger partial charge >= 0.3 is 6.09 Å². The number of ether oxygens (including phenoxy) is 2. The highest BCUT2D eigenvalue weighted by atomic mass is 35.5. The number of carbonyl (C=O) groups is 1. The first-order valence-electron chi connectivity index (χ1n) is 9.77. The molecule has 2 saturated heterocycles. The lowest BCUT2D eigenvalue weighted by Crippen LogP contribution is -2.63. The van der Waals surface area contributed by atoms with E-state index in [9.17, 15) is 9.18 Å². The van der Waals surface area contributed by atoms with E-state index in [1.807, 2.05) is 30.6 Å². The van der Waals surface area contributed by atoms with Gasteiger partial charge in [0.25, 0.3) is 0 Å². The first-order valence-corrected chi connectivity index (χ1v) is 10.5. The predicted molar refractivity (Wildman–Crippen MR) is 109 cm³/mol. The number of nitrogens with zero attached hydrogens (tertiary/aromatic N) is 5. The fourth-order valence-corrected chi connectivity index (χ4v) is 4.96. The first kappa shape index (κ1) is 19.8. The molecule has 2 aromatic rings. The molecule has 1 amide bonds. The van der Waals surface area contributed by atoms with Crippen molar-refractivity contribution in [3.05, 3.63) is 16.3 Å². The summed E-state index contributed by atoms with van der Waals surface area (Å²) in [5.41, 5.74) is -0.614. The molecule has 2 fully saturated rings. The lowest BCUT2D eigenvalue weighted by Gasteiger charge is -2.46. The number of fused-ring (bicyclic) bond motifs is 5. The molecule has 160 valence electrons. The molecular weight excluding hydrogens is 436 g/mol. The molecule has 0 radical (unpaired) electrons. The van der Waals surface area contributed by atoms with Crippen LogP contribution in [0.2, 0.25) is 10.4 Å². The van der Waals surface area contributed by atoms with E-state index >= 15 is 0 Å². The van der Waals surface area contributed by atoms with Crippen LogP contribution in [0.1, 0.15) is 33.6 Å². The lowest BCUT2D eigenvalue weighted by molar-refractivity contribution is 0.00540. The maximum absolute atomic E-state index is 14.7. The van der Waals surface area contributed by atoms with Crippen molar-refractivity contribution in [1.29, 1.82) is 0 Å². The molecule has 0 unspecified atom stereocenters. The van der Waals surface area contributed by atoms with Crippen molar-refractivity contribution in [3.63, 3.8) is 0 Å². The summed E-state index contributed by atoms with van der Waals surface area (Å²) < 4.78 is 26.2. The zero-order chi connectivity index (χ0) is 21.4. The van der Waals surface area contributed by atoms with Crippen molar-refractivity contribution in [3.8, 4) is 5.88 Å². The fraction of sp³-hybridized carbons (Fsp3) is 0.579. The summed E-state index contributed by atoms with van der Waals surface area (Å²) in [6.07, 6.45) is 1.29. The number of pyridine rings is 1. The van der Waals surface area contributed by atoms with Crippen LogP contribution in [0, 0.1) is 5.82 Å². The first-order chi connectivity index (χ1) is 14.1. The van der Waals surface area contributed by atoms with E-state index in [4.69, 9.17) is 32.7 Å². The molecule has 2 bridgehead atoms. The van der Waals surface area contributed by atoms with Gasteiger partial charge in [-0.15, -0.1) is 0 Å². The maximum atomic E-state index is 14.7. The van der Waals surface area contributed by atoms with Gasteiger partial charge in [0.2, 0.25) is 11.2 Å². The van der Waals surface area contributed by atoms with Gasteiger partial charge in [-0.25, -0.2) is 14.2 Å². The lowest BCUT2D eigenvalue weighted by atomic mass is 10.0. The largest absolute Gasteiger partial charge is 0.475 e. The summed E-state index contributed by atoms with van der Waals surface area (Å²) >= 11 is 12.1. The molecule has 0 aliphatic carbocycles. The second kappa shape index (κ2) is 6.68. The second-order valence-corrected chi connectivity index (χ2v) is 9.47. The number of carbonyl (C=O) groups excluding carboxylic acids is 1. The van der Waals surface area contributed by atoms with Gasteiger partial charge in [0.05, 0.1) is 18.1 Å². The third-order valence-corrected chi connectivity index (χ3v) is 6.15. The Hall–Kier alpha value is -2.13. The summed E-state index contributed by atoms with van der Waals surface area (Å²) in [5.74, 6) is -0.151. The van der Waals surface area contributed by atoms with Gasteiger partial charge in [-0.3, -0.25) is 4.90 Å². The van der Waals surface area contributed by atoms with Gasteiger partial charge in [-0.1, -0.05) is 11.6 Å². The van der Waals surface area contributed by atoms with Crippen LogP contribution in [-0.4, -0.2) is 62.8 Å². The van der Waals surface area contributed by atoms with Crippen LogP contribution in [0.15, 0.2) is 0 Å². The minimum absolute atomic E-state index is 0.0254. The number of aromatic nitrogens is 3. The topological polar surface area (TPSA) is 80.7 Å². The number of hydrogen-bond donors (Lipinski definition) is 0. The van der Waals surface area contributed by atoms with Gasteiger partial charge in [0, 0.05) is 6.54 Å². The molecule has 2 aromatic heterocycles. The summed E-state index contributed by atoms with van der Waals surface area (Å²) in [4.78, 5) is 29.2. The van der Waals surface area contributed by atoms with E-state index < -0.39 is 11.4 Å². The molecule has 0 N–H and O–H groups in total. The van der Waals surface area contributed by atoms with E-state index in [1.54, 1.807) is 0 Å². The van der Waals surface area contributed by atoms with E-state index in [-0.39, 0.29) is 52.7 Å². The van der Waals surface area contributed by atoms with Gasteiger partial charge in [-0.2, -0.15) is 9.97 Å². The van der Waals surface area contributed by atoms with Gasteiger partial charge in [0.1, 0.15) is 28.9 Å². The third-order valence-electron chi connectivity index (χ3n) is 5.73. The number of halogens is 3. The smallest absolute Gasteiger partial charge is 0.410 e. The second-order valence-electron chi connectivity index (χ2n) is 8.78. The van der Waals surface area contributed by atoms with Crippen LogP contribution < -0.4 is 9.64 Å². The summed E-state index contributed by atoms with van der Waals surface area (Å²) in [7, 11) is 0. The molecular formula is C19H20Cl2FN5O3. The monoisotopic (exact) mass is 455 g/mol. The van der Waals surface area contributed by atoms with Crippen molar-refractivity contribution in [2.75, 3.05) is 18.1 Å². The maximum Gasteiger partial charge on any atom is 0.410 e. The van der Waals surface area contributed by atoms with Crippen molar-refractivity contribution >= 4 is 46.0 Å². The van der Waals surface area contributed by atoms with E-state index in [0.717, 1.165) is 12.8 Å². The normalized spacial score (nSPS) is 25.1. The standard InChI is InChI=1S/C19H20Cl2FN5O3/c1-19(2,3)30-18(28)27-8-4-5-9(27)10-7-29-16-11-13(12(22)14(20)24-16)23-17(21)25-15(11)26(10)6-8/h8-10H,4-7H2,1-3H3/t8-,9+,10-/m1/s1. The van der Waals surface area contributed by atoms with Crippen molar-refractivity contribution in [2.24, 2.45) is 0 Å². The van der Waals surface area contributed by atoms with E-state index in [1.165, 1.54) is 0 Å². The Labute approximate surface area is 182 Å². The van der Waals surface area contributed by atoms with Gasteiger partial charge in [0.15, 0.2) is 11.0 Å². The number of anilines is 1. The van der Waals surface area contributed by atoms with Crippen LogP contribution in [0.25, 0.3) is 10.9 Å². The highest BCUT2D eigenvalue weighted by Gasteiger charge is 2.51. The summed E-state index contributed by atoms with van der Waals surface area (Å²) in [6, 6.07) is -0.421. The molecule has 5 heterocycles. The van der Waals surface area contributed by atoms with Crippen LogP contribution in [0.4, 0.5) is 15.0 Å². The number of rotatable bonds is 0. The molecule has 0 spiro atoms. The van der Waals surface area contributed by atoms with E-state index in [0.29, 0.717) is 17.7 Å². The number of hydrogen-bond acceptors (Lipinski definition) is 7. The summed E-state index contributed by atoms with van der Waals surface area (Å²) in [6.45, 7) is 6.26. The SMILES string of the molecule is CC(C)(C)OC(=O)N1[C@@H]2CC[C@H]1[C@H]1COc3nc(Cl)c(F)c4nc(Cl)nc(c34)N1C2. The number of amides is 1.